The zero-order valence-electron chi connectivity index (χ0n) is 29.1. The molecular formula is C49H31N3OS. The lowest BCUT2D eigenvalue weighted by molar-refractivity contribution is 0.517. The molecule has 10 aromatic rings. The molecule has 0 saturated heterocycles. The van der Waals surface area contributed by atoms with Crippen molar-refractivity contribution in [2.45, 2.75) is 12.3 Å². The lowest BCUT2D eigenvalue weighted by atomic mass is 9.85. The zero-order chi connectivity index (χ0) is 35.6. The number of fused-ring (bicyclic) bond motifs is 7. The Labute approximate surface area is 315 Å². The molecule has 3 aromatic heterocycles. The van der Waals surface area contributed by atoms with E-state index in [1.807, 2.05) is 41.7 Å². The van der Waals surface area contributed by atoms with Gasteiger partial charge in [-0.1, -0.05) is 133 Å². The van der Waals surface area contributed by atoms with E-state index in [0.29, 0.717) is 17.5 Å². The highest BCUT2D eigenvalue weighted by Crippen LogP contribution is 2.45. The zero-order valence-corrected chi connectivity index (χ0v) is 29.9. The Morgan fingerprint density at radius 3 is 2.04 bits per heavy atom. The molecule has 7 aromatic carbocycles. The predicted octanol–water partition coefficient (Wildman–Crippen LogP) is 13.4. The van der Waals surface area contributed by atoms with Crippen molar-refractivity contribution in [3.8, 4) is 45.3 Å². The van der Waals surface area contributed by atoms with Crippen molar-refractivity contribution in [2.75, 3.05) is 0 Å². The summed E-state index contributed by atoms with van der Waals surface area (Å²) in [6.45, 7) is 0. The van der Waals surface area contributed by atoms with Crippen molar-refractivity contribution < 1.29 is 4.42 Å². The van der Waals surface area contributed by atoms with E-state index in [4.69, 9.17) is 19.4 Å². The van der Waals surface area contributed by atoms with Gasteiger partial charge in [-0.25, -0.2) is 15.0 Å². The molecule has 0 spiro atoms. The molecule has 0 fully saturated rings. The van der Waals surface area contributed by atoms with Crippen LogP contribution in [0.5, 0.6) is 0 Å². The van der Waals surface area contributed by atoms with E-state index in [0.717, 1.165) is 50.8 Å². The van der Waals surface area contributed by atoms with Crippen LogP contribution in [0.2, 0.25) is 0 Å². The van der Waals surface area contributed by atoms with Crippen molar-refractivity contribution in [3.05, 3.63) is 181 Å². The average molecular weight is 710 g/mol. The topological polar surface area (TPSA) is 51.8 Å². The first-order valence-electron chi connectivity index (χ1n) is 18.3. The molecule has 4 nitrogen and oxygen atoms in total. The molecule has 1 aliphatic rings. The molecule has 0 radical (unpaired) electrons. The number of hydrogen-bond acceptors (Lipinski definition) is 5. The molecule has 1 unspecified atom stereocenters. The molecule has 0 amide bonds. The van der Waals surface area contributed by atoms with Crippen molar-refractivity contribution in [1.82, 2.24) is 15.0 Å². The van der Waals surface area contributed by atoms with Crippen molar-refractivity contribution in [2.24, 2.45) is 0 Å². The third-order valence-electron chi connectivity index (χ3n) is 10.7. The number of aromatic nitrogens is 3. The fraction of sp³-hybridized carbons (Fsp3) is 0.0408. The number of rotatable bonds is 5. The van der Waals surface area contributed by atoms with E-state index in [2.05, 4.69) is 140 Å². The number of allylic oxidation sites excluding steroid dienone is 1. The predicted molar refractivity (Wildman–Crippen MR) is 224 cm³/mol. The average Bonchev–Trinajstić information content (AvgIpc) is 3.82. The van der Waals surface area contributed by atoms with Gasteiger partial charge in [0, 0.05) is 53.7 Å². The number of thiophene rings is 1. The fourth-order valence-corrected chi connectivity index (χ4v) is 9.10. The Morgan fingerprint density at radius 1 is 0.519 bits per heavy atom. The maximum Gasteiger partial charge on any atom is 0.164 e. The van der Waals surface area contributed by atoms with E-state index in [9.17, 15) is 0 Å². The third-order valence-corrected chi connectivity index (χ3v) is 11.8. The largest absolute Gasteiger partial charge is 0.460 e. The summed E-state index contributed by atoms with van der Waals surface area (Å²) in [6.07, 6.45) is 5.37. The van der Waals surface area contributed by atoms with Gasteiger partial charge in [0.1, 0.15) is 11.3 Å². The van der Waals surface area contributed by atoms with Gasteiger partial charge >= 0.3 is 0 Å². The first kappa shape index (κ1) is 30.9. The van der Waals surface area contributed by atoms with Crippen LogP contribution in [0.1, 0.15) is 29.2 Å². The fourth-order valence-electron chi connectivity index (χ4n) is 8.01. The number of furan rings is 1. The van der Waals surface area contributed by atoms with Crippen LogP contribution in [0.3, 0.4) is 0 Å². The molecule has 0 saturated carbocycles. The second-order valence-electron chi connectivity index (χ2n) is 13.9. The molecular weight excluding hydrogens is 679 g/mol. The molecule has 54 heavy (non-hydrogen) atoms. The molecule has 254 valence electrons. The van der Waals surface area contributed by atoms with Gasteiger partial charge in [0.2, 0.25) is 0 Å². The van der Waals surface area contributed by atoms with Gasteiger partial charge in [0.25, 0.3) is 0 Å². The molecule has 0 bridgehead atoms. The Hall–Kier alpha value is -6.69. The molecule has 11 rings (SSSR count). The van der Waals surface area contributed by atoms with E-state index in [1.54, 1.807) is 0 Å². The molecule has 1 aliphatic carbocycles. The Bertz CT molecular complexity index is 3090. The SMILES string of the molecule is C1=Cc2c(oc3cccc(-c4nc(-c5ccccc5)nc(-c5ccc6cc(-c7ccccc7)ccc6c5)n4)c23)C(c2ccc3sc4ccccc4c3c2)C1. The molecule has 0 aliphatic heterocycles. The van der Waals surface area contributed by atoms with Gasteiger partial charge in [-0.05, 0) is 70.3 Å². The van der Waals surface area contributed by atoms with Crippen LogP contribution in [0.15, 0.2) is 168 Å². The van der Waals surface area contributed by atoms with E-state index < -0.39 is 0 Å². The van der Waals surface area contributed by atoms with Crippen LogP contribution < -0.4 is 0 Å². The summed E-state index contributed by atoms with van der Waals surface area (Å²) in [6, 6.07) is 55.5. The van der Waals surface area contributed by atoms with Crippen LogP contribution in [0, 0.1) is 0 Å². The number of nitrogens with zero attached hydrogens (tertiary/aromatic N) is 3. The van der Waals surface area contributed by atoms with Gasteiger partial charge < -0.3 is 4.42 Å². The molecule has 1 atom stereocenters. The quantitative estimate of drug-likeness (QED) is 0.178. The van der Waals surface area contributed by atoms with Gasteiger partial charge in [-0.3, -0.25) is 0 Å². The Kier molecular flexibility index (Phi) is 7.13. The molecule has 0 N–H and O–H groups in total. The van der Waals surface area contributed by atoms with Gasteiger partial charge in [-0.2, -0.15) is 0 Å². The number of hydrogen-bond donors (Lipinski definition) is 0. The van der Waals surface area contributed by atoms with E-state index >= 15 is 0 Å². The summed E-state index contributed by atoms with van der Waals surface area (Å²) >= 11 is 1.85. The Morgan fingerprint density at radius 2 is 1.20 bits per heavy atom. The van der Waals surface area contributed by atoms with Crippen molar-refractivity contribution in [3.63, 3.8) is 0 Å². The summed E-state index contributed by atoms with van der Waals surface area (Å²) in [5.74, 6) is 2.97. The summed E-state index contributed by atoms with van der Waals surface area (Å²) in [5.41, 5.74) is 8.39. The Balaban J connectivity index is 1.05. The first-order chi connectivity index (χ1) is 26.7. The lowest BCUT2D eigenvalue weighted by Gasteiger charge is -2.18. The molecule has 3 heterocycles. The number of benzene rings is 7. The highest BCUT2D eigenvalue weighted by Gasteiger charge is 2.28. The second-order valence-corrected chi connectivity index (χ2v) is 15.0. The smallest absolute Gasteiger partial charge is 0.164 e. The van der Waals surface area contributed by atoms with Gasteiger partial charge in [0.05, 0.1) is 0 Å². The van der Waals surface area contributed by atoms with Gasteiger partial charge in [0.15, 0.2) is 17.5 Å². The third kappa shape index (κ3) is 5.16. The van der Waals surface area contributed by atoms with E-state index in [-0.39, 0.29) is 5.92 Å². The summed E-state index contributed by atoms with van der Waals surface area (Å²) in [7, 11) is 0. The summed E-state index contributed by atoms with van der Waals surface area (Å²) in [4.78, 5) is 15.4. The van der Waals surface area contributed by atoms with Crippen LogP contribution in [0.4, 0.5) is 0 Å². The monoisotopic (exact) mass is 709 g/mol. The van der Waals surface area contributed by atoms with Crippen molar-refractivity contribution in [1.29, 1.82) is 0 Å². The minimum absolute atomic E-state index is 0.0992. The minimum atomic E-state index is 0.0992. The minimum Gasteiger partial charge on any atom is -0.460 e. The first-order valence-corrected chi connectivity index (χ1v) is 19.1. The normalized spacial score (nSPS) is 14.0. The standard InChI is InChI=1S/C49H31N3OS/c1-3-11-30(12-4-1)32-21-22-34-28-36(24-23-33(34)27-32)48-50-47(31-13-5-2-6-14-31)51-49(52-48)40-18-10-19-42-45(40)39-17-9-16-37(46(39)53-42)35-25-26-44-41(29-35)38-15-7-8-20-43(38)54-44/h1-15,17-29,37H,16H2. The van der Waals surface area contributed by atoms with Crippen LogP contribution in [-0.2, 0) is 0 Å². The van der Waals surface area contributed by atoms with Crippen molar-refractivity contribution >= 4 is 59.3 Å². The highest BCUT2D eigenvalue weighted by molar-refractivity contribution is 7.25. The van der Waals surface area contributed by atoms with Crippen LogP contribution in [-0.4, -0.2) is 15.0 Å². The lowest BCUT2D eigenvalue weighted by Crippen LogP contribution is -2.04. The maximum atomic E-state index is 6.80. The maximum absolute atomic E-state index is 6.80. The summed E-state index contributed by atoms with van der Waals surface area (Å²) < 4.78 is 9.42. The van der Waals surface area contributed by atoms with Crippen LogP contribution in [0.25, 0.3) is 93.3 Å². The van der Waals surface area contributed by atoms with Crippen LogP contribution >= 0.6 is 11.3 Å². The molecule has 5 heteroatoms. The van der Waals surface area contributed by atoms with Gasteiger partial charge in [-0.15, -0.1) is 11.3 Å². The highest BCUT2D eigenvalue weighted by atomic mass is 32.1. The van der Waals surface area contributed by atoms with E-state index in [1.165, 1.54) is 42.2 Å². The summed E-state index contributed by atoms with van der Waals surface area (Å²) in [5, 5.41) is 5.93. The second kappa shape index (κ2) is 12.5.